The number of aryl methyl sites for hydroxylation is 1. The largest absolute Gasteiger partial charge is 0.497 e. The molecule has 34 heavy (non-hydrogen) atoms. The van der Waals surface area contributed by atoms with E-state index in [1.165, 1.54) is 23.5 Å². The molecule has 0 spiro atoms. The highest BCUT2D eigenvalue weighted by atomic mass is 35.5. The number of carbonyl (C=O) groups excluding carboxylic acids is 1. The summed E-state index contributed by atoms with van der Waals surface area (Å²) in [5.41, 5.74) is 3.68. The summed E-state index contributed by atoms with van der Waals surface area (Å²) in [5, 5.41) is 12.2. The molecule has 10 heteroatoms. The molecule has 0 unspecified atom stereocenters. The third-order valence-electron chi connectivity index (χ3n) is 6.13. The zero-order valence-electron chi connectivity index (χ0n) is 18.5. The molecule has 1 amide bonds. The monoisotopic (exact) mass is 520 g/mol. The maximum absolute atomic E-state index is 13.7. The standard InChI is InChI=1S/C24H25ClN2O5S2/c1-32-18-7-9-19(10-8-18)34(30,31)27-14-12-22-20(13-15-33-22)21(23(27)24(28)26-29)11-4-16-2-5-17(25)6-3-16/h2-3,5-10,13,15,21,23,29H,4,11-12,14H2,1H3,(H,26,28)/t21-,23-/m0/s1. The number of hydroxylamine groups is 1. The first kappa shape index (κ1) is 24.7. The highest BCUT2D eigenvalue weighted by Gasteiger charge is 2.44. The van der Waals surface area contributed by atoms with E-state index in [4.69, 9.17) is 16.3 Å². The number of rotatable bonds is 7. The Balaban J connectivity index is 1.73. The van der Waals surface area contributed by atoms with E-state index in [0.29, 0.717) is 30.0 Å². The van der Waals surface area contributed by atoms with E-state index < -0.39 is 27.9 Å². The van der Waals surface area contributed by atoms with Gasteiger partial charge in [-0.3, -0.25) is 10.0 Å². The number of carbonyl (C=O) groups is 1. The van der Waals surface area contributed by atoms with Gasteiger partial charge in [-0.1, -0.05) is 23.7 Å². The number of nitrogens with one attached hydrogen (secondary N) is 1. The van der Waals surface area contributed by atoms with Gasteiger partial charge in [0.25, 0.3) is 5.91 Å². The SMILES string of the molecule is COc1ccc(S(=O)(=O)N2CCc3sccc3[C@H](CCc3ccc(Cl)cc3)[C@H]2C(=O)NO)cc1. The lowest BCUT2D eigenvalue weighted by molar-refractivity contribution is -0.134. The Morgan fingerprint density at radius 3 is 2.53 bits per heavy atom. The van der Waals surface area contributed by atoms with Gasteiger partial charge >= 0.3 is 0 Å². The fraction of sp³-hybridized carbons (Fsp3) is 0.292. The lowest BCUT2D eigenvalue weighted by atomic mass is 9.86. The molecule has 2 N–H and O–H groups in total. The minimum atomic E-state index is -4.04. The molecule has 1 aliphatic rings. The second kappa shape index (κ2) is 10.5. The molecule has 7 nitrogen and oxygen atoms in total. The van der Waals surface area contributed by atoms with Crippen LogP contribution in [-0.2, 0) is 27.7 Å². The van der Waals surface area contributed by atoms with Gasteiger partial charge in [-0.05, 0) is 78.2 Å². The molecule has 1 aromatic heterocycles. The van der Waals surface area contributed by atoms with Crippen LogP contribution in [0.5, 0.6) is 5.75 Å². The average molecular weight is 521 g/mol. The number of sulfonamides is 1. The quantitative estimate of drug-likeness (QED) is 0.359. The van der Waals surface area contributed by atoms with Crippen LogP contribution in [0.3, 0.4) is 0 Å². The molecular weight excluding hydrogens is 496 g/mol. The van der Waals surface area contributed by atoms with E-state index in [2.05, 4.69) is 0 Å². The van der Waals surface area contributed by atoms with Crippen molar-refractivity contribution < 1.29 is 23.2 Å². The first-order valence-electron chi connectivity index (χ1n) is 10.8. The second-order valence-corrected chi connectivity index (χ2v) is 11.4. The first-order valence-corrected chi connectivity index (χ1v) is 13.5. The summed E-state index contributed by atoms with van der Waals surface area (Å²) in [5.74, 6) is -0.667. The number of benzene rings is 2. The maximum Gasteiger partial charge on any atom is 0.262 e. The highest BCUT2D eigenvalue weighted by Crippen LogP contribution is 2.39. The van der Waals surface area contributed by atoms with Gasteiger partial charge in [-0.15, -0.1) is 11.3 Å². The zero-order chi connectivity index (χ0) is 24.3. The number of fused-ring (bicyclic) bond motifs is 1. The van der Waals surface area contributed by atoms with Crippen LogP contribution in [0.25, 0.3) is 0 Å². The molecule has 0 fully saturated rings. The summed E-state index contributed by atoms with van der Waals surface area (Å²) in [4.78, 5) is 14.1. The van der Waals surface area contributed by atoms with Gasteiger partial charge in [0.05, 0.1) is 12.0 Å². The van der Waals surface area contributed by atoms with Crippen LogP contribution in [0.2, 0.25) is 5.02 Å². The van der Waals surface area contributed by atoms with Gasteiger partial charge in [-0.2, -0.15) is 4.31 Å². The summed E-state index contributed by atoms with van der Waals surface area (Å²) in [6.45, 7) is 0.122. The molecule has 0 radical (unpaired) electrons. The number of ether oxygens (including phenoxy) is 1. The number of amides is 1. The molecule has 0 saturated heterocycles. The number of hydrogen-bond acceptors (Lipinski definition) is 6. The van der Waals surface area contributed by atoms with Gasteiger partial charge in [0.15, 0.2) is 0 Å². The van der Waals surface area contributed by atoms with Crippen LogP contribution in [0.15, 0.2) is 64.9 Å². The molecule has 1 aliphatic heterocycles. The Kier molecular flexibility index (Phi) is 7.59. The predicted octanol–water partition coefficient (Wildman–Crippen LogP) is 4.25. The third kappa shape index (κ3) is 4.99. The highest BCUT2D eigenvalue weighted by molar-refractivity contribution is 7.89. The Labute approximate surface area is 207 Å². The summed E-state index contributed by atoms with van der Waals surface area (Å²) < 4.78 is 33.8. The number of halogens is 1. The van der Waals surface area contributed by atoms with Crippen molar-refractivity contribution in [3.05, 3.63) is 81.0 Å². The van der Waals surface area contributed by atoms with E-state index in [-0.39, 0.29) is 11.4 Å². The van der Waals surface area contributed by atoms with E-state index in [1.807, 2.05) is 23.6 Å². The minimum absolute atomic E-state index is 0.0609. The summed E-state index contributed by atoms with van der Waals surface area (Å²) in [7, 11) is -2.54. The average Bonchev–Trinajstić information content (AvgIpc) is 3.25. The van der Waals surface area contributed by atoms with Gasteiger partial charge < -0.3 is 4.74 Å². The third-order valence-corrected chi connectivity index (χ3v) is 9.28. The van der Waals surface area contributed by atoms with Gasteiger partial charge in [0.1, 0.15) is 11.8 Å². The van der Waals surface area contributed by atoms with Crippen molar-refractivity contribution in [2.75, 3.05) is 13.7 Å². The maximum atomic E-state index is 13.7. The van der Waals surface area contributed by atoms with Crippen LogP contribution in [0.1, 0.15) is 28.3 Å². The molecule has 0 saturated carbocycles. The molecule has 4 rings (SSSR count). The van der Waals surface area contributed by atoms with E-state index >= 15 is 0 Å². The number of nitrogens with zero attached hydrogens (tertiary/aromatic N) is 1. The van der Waals surface area contributed by atoms with Crippen molar-refractivity contribution in [1.29, 1.82) is 0 Å². The normalized spacial score (nSPS) is 18.7. The molecule has 2 atom stereocenters. The van der Waals surface area contributed by atoms with Gasteiger partial charge in [0, 0.05) is 22.4 Å². The predicted molar refractivity (Wildman–Crippen MR) is 131 cm³/mol. The Morgan fingerprint density at radius 1 is 1.18 bits per heavy atom. The number of hydrogen-bond donors (Lipinski definition) is 2. The van der Waals surface area contributed by atoms with Crippen LogP contribution in [0.4, 0.5) is 0 Å². The number of methoxy groups -OCH3 is 1. The molecule has 0 aliphatic carbocycles. The van der Waals surface area contributed by atoms with Crippen LogP contribution in [-0.4, -0.2) is 43.5 Å². The van der Waals surface area contributed by atoms with Crippen molar-refractivity contribution >= 4 is 38.9 Å². The van der Waals surface area contributed by atoms with Crippen LogP contribution in [0, 0.1) is 0 Å². The fourth-order valence-electron chi connectivity index (χ4n) is 4.42. The topological polar surface area (TPSA) is 95.9 Å². The Bertz CT molecular complexity index is 1240. The summed E-state index contributed by atoms with van der Waals surface area (Å²) in [6, 6.07) is 14.4. The van der Waals surface area contributed by atoms with Crippen molar-refractivity contribution in [3.8, 4) is 5.75 Å². The van der Waals surface area contributed by atoms with Gasteiger partial charge in [0.2, 0.25) is 10.0 Å². The Morgan fingerprint density at radius 2 is 1.88 bits per heavy atom. The fourth-order valence-corrected chi connectivity index (χ4v) is 7.12. The van der Waals surface area contributed by atoms with Crippen molar-refractivity contribution in [2.45, 2.75) is 36.1 Å². The molecular formula is C24H25ClN2O5S2. The minimum Gasteiger partial charge on any atom is -0.497 e. The smallest absolute Gasteiger partial charge is 0.262 e. The van der Waals surface area contributed by atoms with E-state index in [9.17, 15) is 18.4 Å². The van der Waals surface area contributed by atoms with Crippen molar-refractivity contribution in [2.24, 2.45) is 0 Å². The summed E-state index contributed by atoms with van der Waals surface area (Å²) >= 11 is 7.56. The van der Waals surface area contributed by atoms with Crippen molar-refractivity contribution in [3.63, 3.8) is 0 Å². The van der Waals surface area contributed by atoms with Crippen molar-refractivity contribution in [1.82, 2.24) is 9.79 Å². The van der Waals surface area contributed by atoms with E-state index in [1.54, 1.807) is 41.1 Å². The van der Waals surface area contributed by atoms with Crippen LogP contribution >= 0.6 is 22.9 Å². The molecule has 2 heterocycles. The first-order chi connectivity index (χ1) is 16.3. The number of thiophene rings is 1. The zero-order valence-corrected chi connectivity index (χ0v) is 20.9. The summed E-state index contributed by atoms with van der Waals surface area (Å²) in [6.07, 6.45) is 1.61. The molecule has 0 bridgehead atoms. The molecule has 180 valence electrons. The molecule has 3 aromatic rings. The second-order valence-electron chi connectivity index (χ2n) is 8.03. The van der Waals surface area contributed by atoms with Gasteiger partial charge in [-0.25, -0.2) is 13.9 Å². The lowest BCUT2D eigenvalue weighted by Crippen LogP contribution is -2.51. The van der Waals surface area contributed by atoms with Crippen LogP contribution < -0.4 is 10.2 Å². The molecule has 2 aromatic carbocycles. The lowest BCUT2D eigenvalue weighted by Gasteiger charge is -2.33. The Hall–Kier alpha value is -2.43. The van der Waals surface area contributed by atoms with E-state index in [0.717, 1.165) is 16.0 Å².